The zero-order chi connectivity index (χ0) is 27.5. The van der Waals surface area contributed by atoms with E-state index in [2.05, 4.69) is 0 Å². The van der Waals surface area contributed by atoms with Gasteiger partial charge in [-0.3, -0.25) is 14.5 Å². The van der Waals surface area contributed by atoms with Crippen molar-refractivity contribution < 1.29 is 19.1 Å². The molecule has 7 heteroatoms. The molecule has 4 aromatic carbocycles. The van der Waals surface area contributed by atoms with Crippen LogP contribution in [0, 0.1) is 5.92 Å². The number of fused-ring (bicyclic) bond motifs is 3. The molecule has 0 saturated carbocycles. The Morgan fingerprint density at radius 1 is 0.850 bits per heavy atom. The van der Waals surface area contributed by atoms with Crippen LogP contribution in [0.15, 0.2) is 109 Å². The zero-order valence-corrected chi connectivity index (χ0v) is 22.1. The Labute approximate surface area is 232 Å². The summed E-state index contributed by atoms with van der Waals surface area (Å²) in [5.74, 6) is -0.148. The summed E-state index contributed by atoms with van der Waals surface area (Å²) in [6, 6.07) is 34.1. The quantitative estimate of drug-likeness (QED) is 0.176. The normalized spacial score (nSPS) is 16.5. The fraction of sp³-hybridized carbons (Fsp3) is 0.182. The summed E-state index contributed by atoms with van der Waals surface area (Å²) in [4.78, 5) is 34.2. The second-order valence-corrected chi connectivity index (χ2v) is 9.66. The van der Waals surface area contributed by atoms with E-state index in [0.29, 0.717) is 30.4 Å². The Bertz CT molecular complexity index is 1650. The van der Waals surface area contributed by atoms with E-state index in [1.807, 2.05) is 114 Å². The van der Waals surface area contributed by atoms with Gasteiger partial charge in [-0.2, -0.15) is 0 Å². The topological polar surface area (TPSA) is 73.7 Å². The molecule has 2 atom stereocenters. The van der Waals surface area contributed by atoms with Crippen LogP contribution < -0.4 is 9.64 Å². The molecule has 1 aromatic heterocycles. The van der Waals surface area contributed by atoms with Crippen LogP contribution in [-0.4, -0.2) is 34.6 Å². The first kappa shape index (κ1) is 25.4. The van der Waals surface area contributed by atoms with Crippen molar-refractivity contribution in [2.75, 3.05) is 18.1 Å². The molecular weight excluding hydrogens is 502 g/mol. The summed E-state index contributed by atoms with van der Waals surface area (Å²) in [6.45, 7) is 2.31. The van der Waals surface area contributed by atoms with E-state index >= 15 is 0 Å². The third-order valence-corrected chi connectivity index (χ3v) is 7.13. The van der Waals surface area contributed by atoms with Gasteiger partial charge in [0, 0.05) is 6.54 Å². The molecule has 0 fully saturated rings. The second-order valence-electron chi connectivity index (χ2n) is 9.66. The number of hydrogen-bond acceptors (Lipinski definition) is 5. The number of imidazole rings is 1. The fourth-order valence-electron chi connectivity index (χ4n) is 5.33. The summed E-state index contributed by atoms with van der Waals surface area (Å²) in [5.41, 5.74) is 3.44. The van der Waals surface area contributed by atoms with Crippen molar-refractivity contribution in [3.63, 3.8) is 0 Å². The lowest BCUT2D eigenvalue weighted by Crippen LogP contribution is -2.50. The number of carbonyl (C=O) groups is 2. The Kier molecular flexibility index (Phi) is 7.02. The highest BCUT2D eigenvalue weighted by atomic mass is 16.5. The minimum Gasteiger partial charge on any atom is -0.465 e. The van der Waals surface area contributed by atoms with Gasteiger partial charge in [0.1, 0.15) is 11.5 Å². The average Bonchev–Trinajstić information content (AvgIpc) is 3.36. The van der Waals surface area contributed by atoms with Crippen molar-refractivity contribution in [2.24, 2.45) is 5.92 Å². The summed E-state index contributed by atoms with van der Waals surface area (Å²) in [6.07, 6.45) is 0.621. The number of anilines is 1. The van der Waals surface area contributed by atoms with Gasteiger partial charge in [0.2, 0.25) is 11.9 Å². The highest BCUT2D eigenvalue weighted by molar-refractivity contribution is 6.08. The van der Waals surface area contributed by atoms with Crippen LogP contribution in [0.4, 0.5) is 5.95 Å². The van der Waals surface area contributed by atoms with E-state index in [0.717, 1.165) is 22.2 Å². The maximum atomic E-state index is 14.2. The first-order valence-electron chi connectivity index (χ1n) is 13.5. The number of carbonyl (C=O) groups excluding carboxylic acids is 2. The van der Waals surface area contributed by atoms with Crippen molar-refractivity contribution in [2.45, 2.75) is 19.4 Å². The molecule has 40 heavy (non-hydrogen) atoms. The van der Waals surface area contributed by atoms with Crippen LogP contribution in [0.2, 0.25) is 0 Å². The van der Waals surface area contributed by atoms with Crippen molar-refractivity contribution >= 4 is 28.9 Å². The van der Waals surface area contributed by atoms with E-state index < -0.39 is 17.9 Å². The van der Waals surface area contributed by atoms with Crippen LogP contribution >= 0.6 is 0 Å². The van der Waals surface area contributed by atoms with Gasteiger partial charge < -0.3 is 14.0 Å². The van der Waals surface area contributed by atoms with Crippen LogP contribution in [0.25, 0.3) is 11.0 Å². The predicted molar refractivity (Wildman–Crippen MR) is 153 cm³/mol. The van der Waals surface area contributed by atoms with Crippen LogP contribution in [-0.2, 0) is 20.7 Å². The second kappa shape index (κ2) is 11.1. The van der Waals surface area contributed by atoms with Crippen molar-refractivity contribution in [3.05, 3.63) is 120 Å². The molecule has 0 N–H and O–H groups in total. The number of ether oxygens (including phenoxy) is 2. The van der Waals surface area contributed by atoms with Crippen molar-refractivity contribution in [3.8, 4) is 11.5 Å². The number of nitrogens with zero attached hydrogens (tertiary/aromatic N) is 3. The minimum atomic E-state index is -1.09. The number of rotatable bonds is 8. The Balaban J connectivity index is 1.48. The van der Waals surface area contributed by atoms with Crippen LogP contribution in [0.3, 0.4) is 0 Å². The van der Waals surface area contributed by atoms with Gasteiger partial charge >= 0.3 is 5.97 Å². The first-order valence-corrected chi connectivity index (χ1v) is 13.5. The highest BCUT2D eigenvalue weighted by Crippen LogP contribution is 2.42. The third-order valence-electron chi connectivity index (χ3n) is 7.13. The maximum Gasteiger partial charge on any atom is 0.321 e. The molecule has 6 rings (SSSR count). The van der Waals surface area contributed by atoms with Gasteiger partial charge in [0.05, 0.1) is 23.7 Å². The number of benzene rings is 4. The van der Waals surface area contributed by atoms with E-state index in [1.54, 1.807) is 11.8 Å². The summed E-state index contributed by atoms with van der Waals surface area (Å²) >= 11 is 0. The molecule has 0 unspecified atom stereocenters. The highest BCUT2D eigenvalue weighted by Gasteiger charge is 2.47. The molecule has 200 valence electrons. The molecule has 1 amide bonds. The zero-order valence-electron chi connectivity index (χ0n) is 22.1. The lowest BCUT2D eigenvalue weighted by molar-refractivity contribution is -0.153. The Morgan fingerprint density at radius 3 is 2.33 bits per heavy atom. The molecule has 5 aromatic rings. The molecule has 2 heterocycles. The van der Waals surface area contributed by atoms with Gasteiger partial charge in [-0.05, 0) is 60.9 Å². The summed E-state index contributed by atoms with van der Waals surface area (Å²) in [5, 5.41) is 0. The lowest BCUT2D eigenvalue weighted by Gasteiger charge is -2.38. The van der Waals surface area contributed by atoms with E-state index in [4.69, 9.17) is 14.5 Å². The SMILES string of the molecule is CCOC(=O)[C@H]1C(=O)N(CCc2ccccc2)c2nc3ccccc3n2[C@@H]1c1cccc(Oc2ccccc2)c1. The average molecular weight is 532 g/mol. The smallest absolute Gasteiger partial charge is 0.321 e. The number of esters is 1. The number of hydrogen-bond donors (Lipinski definition) is 0. The summed E-state index contributed by atoms with van der Waals surface area (Å²) < 4.78 is 13.6. The monoisotopic (exact) mass is 531 g/mol. The Morgan fingerprint density at radius 2 is 1.55 bits per heavy atom. The number of para-hydroxylation sites is 3. The molecule has 0 spiro atoms. The molecule has 0 aliphatic carbocycles. The Hall–Kier alpha value is -4.91. The molecule has 1 aliphatic rings. The van der Waals surface area contributed by atoms with E-state index in [9.17, 15) is 9.59 Å². The first-order chi connectivity index (χ1) is 19.6. The molecule has 0 bridgehead atoms. The maximum absolute atomic E-state index is 14.2. The predicted octanol–water partition coefficient (Wildman–Crippen LogP) is 6.19. The fourth-order valence-corrected chi connectivity index (χ4v) is 5.33. The van der Waals surface area contributed by atoms with Crippen molar-refractivity contribution in [1.29, 1.82) is 0 Å². The standard InChI is InChI=1S/C33H29N3O4/c1-2-39-32(38)29-30(24-14-11-17-26(22-24)40-25-15-7-4-8-16-25)36-28-19-10-9-18-27(28)34-33(36)35(31(29)37)21-20-23-12-5-3-6-13-23/h3-19,22,29-30H,2,20-21H2,1H3/t29-,30-/m1/s1. The molecule has 0 saturated heterocycles. The van der Waals surface area contributed by atoms with Crippen LogP contribution in [0.5, 0.6) is 11.5 Å². The largest absolute Gasteiger partial charge is 0.465 e. The van der Waals surface area contributed by atoms with Crippen LogP contribution in [0.1, 0.15) is 24.1 Å². The van der Waals surface area contributed by atoms with Gasteiger partial charge in [0.15, 0.2) is 5.92 Å². The van der Waals surface area contributed by atoms with Gasteiger partial charge in [-0.15, -0.1) is 0 Å². The van der Waals surface area contributed by atoms with Gasteiger partial charge in [-0.1, -0.05) is 72.8 Å². The van der Waals surface area contributed by atoms with Gasteiger partial charge in [0.25, 0.3) is 0 Å². The third kappa shape index (κ3) is 4.82. The lowest BCUT2D eigenvalue weighted by atomic mass is 9.89. The number of aromatic nitrogens is 2. The summed E-state index contributed by atoms with van der Waals surface area (Å²) in [7, 11) is 0. The molecule has 1 aliphatic heterocycles. The minimum absolute atomic E-state index is 0.175. The van der Waals surface area contributed by atoms with E-state index in [-0.39, 0.29) is 12.5 Å². The van der Waals surface area contributed by atoms with E-state index in [1.165, 1.54) is 0 Å². The molecule has 7 nitrogen and oxygen atoms in total. The van der Waals surface area contributed by atoms with Crippen molar-refractivity contribution in [1.82, 2.24) is 9.55 Å². The van der Waals surface area contributed by atoms with Gasteiger partial charge in [-0.25, -0.2) is 4.98 Å². The molecular formula is C33H29N3O4. The molecule has 0 radical (unpaired) electrons. The number of amides is 1.